The van der Waals surface area contributed by atoms with E-state index in [0.29, 0.717) is 19.0 Å². The Morgan fingerprint density at radius 1 is 1.15 bits per heavy atom. The second-order valence-corrected chi connectivity index (χ2v) is 6.35. The molecule has 3 nitrogen and oxygen atoms in total. The van der Waals surface area contributed by atoms with Gasteiger partial charge in [-0.25, -0.2) is 0 Å². The number of carbonyl (C=O) groups is 1. The van der Waals surface area contributed by atoms with Crippen LogP contribution in [0.3, 0.4) is 0 Å². The van der Waals surface area contributed by atoms with Crippen LogP contribution in [0.1, 0.15) is 36.8 Å². The molecule has 0 aliphatic heterocycles. The van der Waals surface area contributed by atoms with Crippen LogP contribution in [0, 0.1) is 17.8 Å². The minimum absolute atomic E-state index is 0.267. The van der Waals surface area contributed by atoms with Crippen molar-refractivity contribution in [2.24, 2.45) is 23.5 Å². The van der Waals surface area contributed by atoms with Gasteiger partial charge in [0.2, 0.25) is 5.91 Å². The predicted molar refractivity (Wildman–Crippen MR) is 80.0 cm³/mol. The maximum absolute atomic E-state index is 12.3. The average Bonchev–Trinajstić information content (AvgIpc) is 3.09. The molecular weight excluding hydrogens is 248 g/mol. The zero-order chi connectivity index (χ0) is 13.9. The van der Waals surface area contributed by atoms with Crippen LogP contribution in [0.25, 0.3) is 0 Å². The Labute approximate surface area is 120 Å². The number of hydrogen-bond acceptors (Lipinski definition) is 2. The Morgan fingerprint density at radius 3 is 2.50 bits per heavy atom. The van der Waals surface area contributed by atoms with Crippen molar-refractivity contribution in [1.82, 2.24) is 5.32 Å². The summed E-state index contributed by atoms with van der Waals surface area (Å²) in [7, 11) is 0. The van der Waals surface area contributed by atoms with Gasteiger partial charge in [0.1, 0.15) is 0 Å². The maximum atomic E-state index is 12.3. The number of benzene rings is 1. The first-order valence-electron chi connectivity index (χ1n) is 7.82. The largest absolute Gasteiger partial charge is 0.352 e. The summed E-state index contributed by atoms with van der Waals surface area (Å²) < 4.78 is 0. The molecule has 0 heterocycles. The summed E-state index contributed by atoms with van der Waals surface area (Å²) in [6.07, 6.45) is 5.92. The van der Waals surface area contributed by atoms with Crippen LogP contribution in [0.5, 0.6) is 0 Å². The van der Waals surface area contributed by atoms with E-state index < -0.39 is 0 Å². The van der Waals surface area contributed by atoms with E-state index in [1.165, 1.54) is 30.4 Å². The van der Waals surface area contributed by atoms with Crippen molar-refractivity contribution in [3.63, 3.8) is 0 Å². The molecule has 20 heavy (non-hydrogen) atoms. The maximum Gasteiger partial charge on any atom is 0.223 e. The van der Waals surface area contributed by atoms with Crippen LogP contribution in [-0.2, 0) is 17.8 Å². The molecule has 0 saturated heterocycles. The van der Waals surface area contributed by atoms with Crippen LogP contribution in [0.15, 0.2) is 24.3 Å². The van der Waals surface area contributed by atoms with Crippen molar-refractivity contribution < 1.29 is 4.79 Å². The molecule has 2 bridgehead atoms. The smallest absolute Gasteiger partial charge is 0.223 e. The van der Waals surface area contributed by atoms with E-state index in [4.69, 9.17) is 5.73 Å². The highest BCUT2D eigenvalue weighted by atomic mass is 16.1. The SMILES string of the molecule is NCCc1ccc(CNC(=O)C2CC3CCC2C3)cc1. The van der Waals surface area contributed by atoms with Crippen LogP contribution in [0.2, 0.25) is 0 Å². The van der Waals surface area contributed by atoms with Crippen molar-refractivity contribution in [2.75, 3.05) is 6.54 Å². The number of nitrogens with two attached hydrogens (primary N) is 1. The van der Waals surface area contributed by atoms with Gasteiger partial charge in [-0.15, -0.1) is 0 Å². The summed E-state index contributed by atoms with van der Waals surface area (Å²) in [5.74, 6) is 2.03. The molecule has 2 fully saturated rings. The minimum atomic E-state index is 0.267. The number of nitrogens with one attached hydrogen (secondary N) is 1. The van der Waals surface area contributed by atoms with Gasteiger partial charge < -0.3 is 11.1 Å². The highest BCUT2D eigenvalue weighted by Crippen LogP contribution is 2.48. The van der Waals surface area contributed by atoms with Gasteiger partial charge in [-0.3, -0.25) is 4.79 Å². The van der Waals surface area contributed by atoms with Crippen molar-refractivity contribution in [1.29, 1.82) is 0 Å². The number of rotatable bonds is 5. The highest BCUT2D eigenvalue weighted by molar-refractivity contribution is 5.79. The fourth-order valence-electron chi connectivity index (χ4n) is 3.88. The summed E-state index contributed by atoms with van der Waals surface area (Å²) in [6.45, 7) is 1.33. The molecule has 3 atom stereocenters. The fraction of sp³-hybridized carbons (Fsp3) is 0.588. The molecule has 108 valence electrons. The third-order valence-corrected chi connectivity index (χ3v) is 5.00. The molecule has 3 rings (SSSR count). The van der Waals surface area contributed by atoms with Gasteiger partial charge in [-0.1, -0.05) is 30.7 Å². The lowest BCUT2D eigenvalue weighted by atomic mass is 9.88. The van der Waals surface area contributed by atoms with Crippen molar-refractivity contribution in [3.8, 4) is 0 Å². The van der Waals surface area contributed by atoms with Gasteiger partial charge in [-0.05, 0) is 55.2 Å². The predicted octanol–water partition coefficient (Wildman–Crippen LogP) is 2.24. The van der Waals surface area contributed by atoms with E-state index in [9.17, 15) is 4.79 Å². The van der Waals surface area contributed by atoms with Crippen molar-refractivity contribution in [3.05, 3.63) is 35.4 Å². The molecule has 0 aromatic heterocycles. The summed E-state index contributed by atoms with van der Waals surface area (Å²) in [5, 5.41) is 3.11. The molecule has 2 aliphatic rings. The van der Waals surface area contributed by atoms with Gasteiger partial charge >= 0.3 is 0 Å². The number of fused-ring (bicyclic) bond motifs is 2. The number of amides is 1. The topological polar surface area (TPSA) is 55.1 Å². The molecule has 1 aromatic rings. The third-order valence-electron chi connectivity index (χ3n) is 5.00. The molecule has 1 aromatic carbocycles. The summed E-state index contributed by atoms with van der Waals surface area (Å²) >= 11 is 0. The van der Waals surface area contributed by atoms with Crippen molar-refractivity contribution >= 4 is 5.91 Å². The summed E-state index contributed by atoms with van der Waals surface area (Å²) in [5.41, 5.74) is 7.97. The number of carbonyl (C=O) groups excluding carboxylic acids is 1. The first kappa shape index (κ1) is 13.6. The lowest BCUT2D eigenvalue weighted by Crippen LogP contribution is -2.33. The Bertz CT molecular complexity index is 468. The molecule has 0 radical (unpaired) electrons. The molecule has 3 N–H and O–H groups in total. The molecule has 3 heteroatoms. The Balaban J connectivity index is 1.50. The van der Waals surface area contributed by atoms with E-state index in [1.54, 1.807) is 0 Å². The molecule has 1 amide bonds. The highest BCUT2D eigenvalue weighted by Gasteiger charge is 2.42. The first-order chi connectivity index (χ1) is 9.76. The van der Waals surface area contributed by atoms with E-state index >= 15 is 0 Å². The Hall–Kier alpha value is -1.35. The van der Waals surface area contributed by atoms with Crippen LogP contribution in [-0.4, -0.2) is 12.5 Å². The standard InChI is InChI=1S/C17H24N2O/c18-8-7-12-1-3-13(4-2-12)11-19-17(20)16-10-14-5-6-15(16)9-14/h1-4,14-16H,5-11,18H2,(H,19,20). The van der Waals surface area contributed by atoms with Crippen LogP contribution < -0.4 is 11.1 Å². The summed E-state index contributed by atoms with van der Waals surface area (Å²) in [4.78, 5) is 12.3. The molecular formula is C17H24N2O. The Morgan fingerprint density at radius 2 is 1.90 bits per heavy atom. The molecule has 3 unspecified atom stereocenters. The second-order valence-electron chi connectivity index (χ2n) is 6.35. The second kappa shape index (κ2) is 5.96. The lowest BCUT2D eigenvalue weighted by molar-refractivity contribution is -0.126. The van der Waals surface area contributed by atoms with E-state index in [2.05, 4.69) is 29.6 Å². The van der Waals surface area contributed by atoms with E-state index in [-0.39, 0.29) is 11.8 Å². The lowest BCUT2D eigenvalue weighted by Gasteiger charge is -2.20. The monoisotopic (exact) mass is 272 g/mol. The Kier molecular flexibility index (Phi) is 4.06. The first-order valence-corrected chi connectivity index (χ1v) is 7.82. The molecule has 2 saturated carbocycles. The third kappa shape index (κ3) is 2.88. The number of hydrogen-bond donors (Lipinski definition) is 2. The fourth-order valence-corrected chi connectivity index (χ4v) is 3.88. The minimum Gasteiger partial charge on any atom is -0.352 e. The van der Waals surface area contributed by atoms with Gasteiger partial charge in [0.25, 0.3) is 0 Å². The van der Waals surface area contributed by atoms with Gasteiger partial charge in [-0.2, -0.15) is 0 Å². The van der Waals surface area contributed by atoms with Gasteiger partial charge in [0.15, 0.2) is 0 Å². The summed E-state index contributed by atoms with van der Waals surface area (Å²) in [6, 6.07) is 8.38. The average molecular weight is 272 g/mol. The van der Waals surface area contributed by atoms with Crippen molar-refractivity contribution in [2.45, 2.75) is 38.6 Å². The molecule has 0 spiro atoms. The normalized spacial score (nSPS) is 27.8. The zero-order valence-corrected chi connectivity index (χ0v) is 12.0. The zero-order valence-electron chi connectivity index (χ0n) is 12.0. The quantitative estimate of drug-likeness (QED) is 0.863. The van der Waals surface area contributed by atoms with Crippen LogP contribution in [0.4, 0.5) is 0 Å². The van der Waals surface area contributed by atoms with E-state index in [1.807, 2.05) is 0 Å². The molecule has 2 aliphatic carbocycles. The van der Waals surface area contributed by atoms with E-state index in [0.717, 1.165) is 18.8 Å². The van der Waals surface area contributed by atoms with Gasteiger partial charge in [0.05, 0.1) is 0 Å². The van der Waals surface area contributed by atoms with Crippen LogP contribution >= 0.6 is 0 Å². The van der Waals surface area contributed by atoms with Gasteiger partial charge in [0, 0.05) is 12.5 Å².